The van der Waals surface area contributed by atoms with Gasteiger partial charge < -0.3 is 15.2 Å². The number of nitrogens with one attached hydrogen (secondary N) is 2. The minimum atomic E-state index is 0.135. The molecule has 100 valence electrons. The first-order valence-corrected chi connectivity index (χ1v) is 6.53. The fraction of sp³-hybridized carbons (Fsp3) is 0.692. The van der Waals surface area contributed by atoms with E-state index in [0.29, 0.717) is 19.0 Å². The monoisotopic (exact) mass is 251 g/mol. The average Bonchev–Trinajstić information content (AvgIpc) is 3.04. The van der Waals surface area contributed by atoms with Gasteiger partial charge in [0.15, 0.2) is 0 Å². The van der Waals surface area contributed by atoms with E-state index in [1.807, 2.05) is 13.8 Å². The molecule has 5 nitrogen and oxygen atoms in total. The molecule has 0 aromatic carbocycles. The highest BCUT2D eigenvalue weighted by molar-refractivity contribution is 5.76. The zero-order valence-electron chi connectivity index (χ0n) is 11.2. The Labute approximate surface area is 107 Å². The van der Waals surface area contributed by atoms with Crippen LogP contribution in [0, 0.1) is 13.8 Å². The van der Waals surface area contributed by atoms with Gasteiger partial charge in [-0.3, -0.25) is 4.79 Å². The molecule has 0 aliphatic heterocycles. The third kappa shape index (κ3) is 3.32. The van der Waals surface area contributed by atoms with Crippen molar-refractivity contribution in [2.75, 3.05) is 6.54 Å². The van der Waals surface area contributed by atoms with E-state index < -0.39 is 0 Å². The molecule has 2 rings (SSSR count). The molecule has 0 radical (unpaired) electrons. The van der Waals surface area contributed by atoms with Gasteiger partial charge in [-0.2, -0.15) is 0 Å². The van der Waals surface area contributed by atoms with Gasteiger partial charge >= 0.3 is 0 Å². The van der Waals surface area contributed by atoms with Gasteiger partial charge in [-0.05, 0) is 33.6 Å². The van der Waals surface area contributed by atoms with Crippen molar-refractivity contribution >= 4 is 5.91 Å². The summed E-state index contributed by atoms with van der Waals surface area (Å²) < 4.78 is 5.14. The van der Waals surface area contributed by atoms with E-state index in [-0.39, 0.29) is 11.9 Å². The van der Waals surface area contributed by atoms with E-state index >= 15 is 0 Å². The van der Waals surface area contributed by atoms with Gasteiger partial charge in [0, 0.05) is 30.6 Å². The van der Waals surface area contributed by atoms with Crippen LogP contribution < -0.4 is 10.6 Å². The van der Waals surface area contributed by atoms with Crippen molar-refractivity contribution in [3.63, 3.8) is 0 Å². The van der Waals surface area contributed by atoms with Gasteiger partial charge in [-0.15, -0.1) is 0 Å². The summed E-state index contributed by atoms with van der Waals surface area (Å²) >= 11 is 0. The summed E-state index contributed by atoms with van der Waals surface area (Å²) in [4.78, 5) is 11.5. The molecular weight excluding hydrogens is 230 g/mol. The smallest absolute Gasteiger partial charge is 0.221 e. The third-order valence-corrected chi connectivity index (χ3v) is 3.27. The lowest BCUT2D eigenvalue weighted by atomic mass is 10.1. The minimum Gasteiger partial charge on any atom is -0.361 e. The predicted octanol–water partition coefficient (Wildman–Crippen LogP) is 1.61. The van der Waals surface area contributed by atoms with Crippen molar-refractivity contribution in [3.05, 3.63) is 17.0 Å². The summed E-state index contributed by atoms with van der Waals surface area (Å²) in [7, 11) is 0. The SMILES string of the molecule is Cc1noc(C)c1C(C)NCCC(=O)NC1CC1. The molecule has 0 saturated heterocycles. The molecule has 1 aromatic rings. The van der Waals surface area contributed by atoms with Gasteiger partial charge in [0.25, 0.3) is 0 Å². The maximum absolute atomic E-state index is 11.5. The van der Waals surface area contributed by atoms with Crippen LogP contribution in [0.2, 0.25) is 0 Å². The van der Waals surface area contributed by atoms with Crippen molar-refractivity contribution in [2.45, 2.75) is 52.1 Å². The fourth-order valence-corrected chi connectivity index (χ4v) is 2.14. The number of hydrogen-bond donors (Lipinski definition) is 2. The van der Waals surface area contributed by atoms with Crippen LogP contribution >= 0.6 is 0 Å². The van der Waals surface area contributed by atoms with Gasteiger partial charge in [-0.1, -0.05) is 5.16 Å². The number of aryl methyl sites for hydroxylation is 2. The second kappa shape index (κ2) is 5.52. The lowest BCUT2D eigenvalue weighted by Gasteiger charge is -2.13. The first-order valence-electron chi connectivity index (χ1n) is 6.53. The van der Waals surface area contributed by atoms with E-state index in [9.17, 15) is 4.79 Å². The van der Waals surface area contributed by atoms with Gasteiger partial charge in [0.2, 0.25) is 5.91 Å². The zero-order valence-corrected chi connectivity index (χ0v) is 11.2. The van der Waals surface area contributed by atoms with Crippen LogP contribution in [0.25, 0.3) is 0 Å². The van der Waals surface area contributed by atoms with Crippen LogP contribution in [0.3, 0.4) is 0 Å². The molecule has 1 unspecified atom stereocenters. The first kappa shape index (κ1) is 13.1. The van der Waals surface area contributed by atoms with Gasteiger partial charge in [0.05, 0.1) is 5.69 Å². The van der Waals surface area contributed by atoms with Gasteiger partial charge in [0.1, 0.15) is 5.76 Å². The Hall–Kier alpha value is -1.36. The summed E-state index contributed by atoms with van der Waals surface area (Å²) in [6.07, 6.45) is 2.79. The topological polar surface area (TPSA) is 67.2 Å². The van der Waals surface area contributed by atoms with E-state index in [4.69, 9.17) is 4.52 Å². The number of aromatic nitrogens is 1. The van der Waals surface area contributed by atoms with Crippen molar-refractivity contribution in [1.29, 1.82) is 0 Å². The van der Waals surface area contributed by atoms with E-state index in [1.54, 1.807) is 0 Å². The number of rotatable bonds is 6. The molecule has 0 bridgehead atoms. The lowest BCUT2D eigenvalue weighted by molar-refractivity contribution is -0.121. The maximum atomic E-state index is 11.5. The fourth-order valence-electron chi connectivity index (χ4n) is 2.14. The Morgan fingerprint density at radius 1 is 1.50 bits per heavy atom. The van der Waals surface area contributed by atoms with Crippen molar-refractivity contribution in [2.24, 2.45) is 0 Å². The number of carbonyl (C=O) groups is 1. The molecule has 18 heavy (non-hydrogen) atoms. The second-order valence-electron chi connectivity index (χ2n) is 5.01. The summed E-state index contributed by atoms with van der Waals surface area (Å²) in [5.74, 6) is 0.978. The highest BCUT2D eigenvalue weighted by Gasteiger charge is 2.23. The van der Waals surface area contributed by atoms with Crippen LogP contribution in [-0.4, -0.2) is 23.7 Å². The molecule has 1 saturated carbocycles. The third-order valence-electron chi connectivity index (χ3n) is 3.27. The molecular formula is C13H21N3O2. The average molecular weight is 251 g/mol. The highest BCUT2D eigenvalue weighted by Crippen LogP contribution is 2.21. The first-order chi connectivity index (χ1) is 8.58. The molecule has 1 aliphatic rings. The molecule has 1 amide bonds. The summed E-state index contributed by atoms with van der Waals surface area (Å²) in [6.45, 7) is 6.58. The molecule has 0 spiro atoms. The molecule has 1 aromatic heterocycles. The zero-order chi connectivity index (χ0) is 13.1. The van der Waals surface area contributed by atoms with E-state index in [1.165, 1.54) is 0 Å². The maximum Gasteiger partial charge on any atom is 0.221 e. The van der Waals surface area contributed by atoms with Crippen molar-refractivity contribution in [3.8, 4) is 0 Å². The summed E-state index contributed by atoms with van der Waals surface area (Å²) in [5.41, 5.74) is 2.01. The van der Waals surface area contributed by atoms with Crippen LogP contribution in [0.4, 0.5) is 0 Å². The summed E-state index contributed by atoms with van der Waals surface area (Å²) in [5, 5.41) is 10.2. The van der Waals surface area contributed by atoms with Crippen molar-refractivity contribution in [1.82, 2.24) is 15.8 Å². The van der Waals surface area contributed by atoms with Gasteiger partial charge in [-0.25, -0.2) is 0 Å². The van der Waals surface area contributed by atoms with E-state index in [2.05, 4.69) is 22.7 Å². The summed E-state index contributed by atoms with van der Waals surface area (Å²) in [6, 6.07) is 0.600. The largest absolute Gasteiger partial charge is 0.361 e. The van der Waals surface area contributed by atoms with E-state index in [0.717, 1.165) is 29.9 Å². The second-order valence-corrected chi connectivity index (χ2v) is 5.01. The Kier molecular flexibility index (Phi) is 4.01. The Morgan fingerprint density at radius 3 is 2.78 bits per heavy atom. The number of amides is 1. The van der Waals surface area contributed by atoms with Crippen LogP contribution in [0.5, 0.6) is 0 Å². The van der Waals surface area contributed by atoms with Crippen LogP contribution in [0.1, 0.15) is 49.2 Å². The van der Waals surface area contributed by atoms with Crippen LogP contribution in [-0.2, 0) is 4.79 Å². The minimum absolute atomic E-state index is 0.135. The molecule has 1 heterocycles. The Bertz CT molecular complexity index is 404. The molecule has 1 aliphatic carbocycles. The Balaban J connectivity index is 1.74. The Morgan fingerprint density at radius 2 is 2.22 bits per heavy atom. The number of carbonyl (C=O) groups excluding carboxylic acids is 1. The standard InChI is InChI=1S/C13H21N3O2/c1-8(13-9(2)16-18-10(13)3)14-7-6-12(17)15-11-4-5-11/h8,11,14H,4-7H2,1-3H3,(H,15,17). The highest BCUT2D eigenvalue weighted by atomic mass is 16.5. The molecule has 2 N–H and O–H groups in total. The molecule has 1 fully saturated rings. The number of hydrogen-bond acceptors (Lipinski definition) is 4. The number of nitrogens with zero attached hydrogens (tertiary/aromatic N) is 1. The lowest BCUT2D eigenvalue weighted by Crippen LogP contribution is -2.30. The van der Waals surface area contributed by atoms with Crippen LogP contribution in [0.15, 0.2) is 4.52 Å². The predicted molar refractivity (Wildman–Crippen MR) is 68.2 cm³/mol. The normalized spacial score (nSPS) is 16.6. The molecule has 5 heteroatoms. The van der Waals surface area contributed by atoms with Crippen molar-refractivity contribution < 1.29 is 9.32 Å². The molecule has 1 atom stereocenters. The quantitative estimate of drug-likeness (QED) is 0.806.